The standard InChI is InChI=1S/C28H27Cl2N5O6S/c1-2-3-11-41-28(37)17-35(42(38,39)23-15-20(29)14-21(30)16-23)22-4-5-24-19(13-22)8-9-33(24)25-6-7-26(32-31-25)34-10-12-40-18-27(34)36/h4-9,13-16H,2-3,10-12,17-18H2,1H3. The topological polar surface area (TPSA) is 124 Å². The van der Waals surface area contributed by atoms with E-state index in [1.807, 2.05) is 6.92 Å². The number of anilines is 2. The van der Waals surface area contributed by atoms with Gasteiger partial charge >= 0.3 is 5.97 Å². The van der Waals surface area contributed by atoms with Gasteiger partial charge in [-0.2, -0.15) is 0 Å². The Morgan fingerprint density at radius 3 is 2.48 bits per heavy atom. The molecule has 42 heavy (non-hydrogen) atoms. The predicted molar refractivity (Wildman–Crippen MR) is 159 cm³/mol. The third-order valence-corrected chi connectivity index (χ3v) is 8.75. The van der Waals surface area contributed by atoms with E-state index in [4.69, 9.17) is 32.7 Å². The van der Waals surface area contributed by atoms with E-state index in [0.717, 1.165) is 16.2 Å². The maximum atomic E-state index is 13.8. The van der Waals surface area contributed by atoms with Crippen molar-refractivity contribution >= 4 is 67.5 Å². The Morgan fingerprint density at radius 2 is 1.79 bits per heavy atom. The molecular formula is C28H27Cl2N5O6S. The van der Waals surface area contributed by atoms with E-state index in [1.165, 1.54) is 23.1 Å². The maximum absolute atomic E-state index is 13.8. The van der Waals surface area contributed by atoms with E-state index >= 15 is 0 Å². The van der Waals surface area contributed by atoms with Crippen LogP contribution in [-0.2, 0) is 29.1 Å². The summed E-state index contributed by atoms with van der Waals surface area (Å²) in [7, 11) is -4.27. The number of carbonyl (C=O) groups excluding carboxylic acids is 2. The second-order valence-electron chi connectivity index (χ2n) is 9.47. The number of unbranched alkanes of at least 4 members (excludes halogenated alkanes) is 1. The number of amides is 1. The lowest BCUT2D eigenvalue weighted by Gasteiger charge is -2.25. The minimum atomic E-state index is -4.27. The molecule has 5 rings (SSSR count). The molecule has 0 saturated carbocycles. The molecule has 2 aromatic carbocycles. The molecule has 14 heteroatoms. The molecule has 0 spiro atoms. The fraction of sp³-hybridized carbons (Fsp3) is 0.286. The molecule has 0 aliphatic carbocycles. The van der Waals surface area contributed by atoms with Gasteiger partial charge in [0, 0.05) is 21.6 Å². The van der Waals surface area contributed by atoms with E-state index in [-0.39, 0.29) is 39.7 Å². The molecule has 11 nitrogen and oxygen atoms in total. The minimum absolute atomic E-state index is 0.00154. The van der Waals surface area contributed by atoms with Crippen LogP contribution in [0.25, 0.3) is 16.7 Å². The highest BCUT2D eigenvalue weighted by Gasteiger charge is 2.29. The second kappa shape index (κ2) is 12.7. The number of morpholine rings is 1. The Labute approximate surface area is 252 Å². The average Bonchev–Trinajstić information content (AvgIpc) is 3.39. The van der Waals surface area contributed by atoms with Gasteiger partial charge in [0.1, 0.15) is 13.2 Å². The summed E-state index contributed by atoms with van der Waals surface area (Å²) in [6.07, 6.45) is 3.25. The van der Waals surface area contributed by atoms with Crippen LogP contribution in [0.4, 0.5) is 11.5 Å². The first-order chi connectivity index (χ1) is 20.2. The SMILES string of the molecule is CCCCOC(=O)CN(c1ccc2c(ccn2-c2ccc(N3CCOCC3=O)nn2)c1)S(=O)(=O)c1cc(Cl)cc(Cl)c1. The zero-order valence-electron chi connectivity index (χ0n) is 22.6. The van der Waals surface area contributed by atoms with Crippen molar-refractivity contribution in [2.24, 2.45) is 0 Å². The summed E-state index contributed by atoms with van der Waals surface area (Å²) >= 11 is 12.2. The Bertz CT molecular complexity index is 1710. The monoisotopic (exact) mass is 631 g/mol. The predicted octanol–water partition coefficient (Wildman–Crippen LogP) is 4.63. The van der Waals surface area contributed by atoms with Crippen LogP contribution >= 0.6 is 23.2 Å². The smallest absolute Gasteiger partial charge is 0.326 e. The average molecular weight is 633 g/mol. The summed E-state index contributed by atoms with van der Waals surface area (Å²) in [5.41, 5.74) is 0.966. The number of sulfonamides is 1. The number of benzene rings is 2. The molecule has 1 aliphatic heterocycles. The Kier molecular flexibility index (Phi) is 8.97. The van der Waals surface area contributed by atoms with Crippen molar-refractivity contribution in [3.05, 3.63) is 70.8 Å². The Hall–Kier alpha value is -3.71. The second-order valence-corrected chi connectivity index (χ2v) is 12.2. The van der Waals surface area contributed by atoms with Crippen LogP contribution in [0.2, 0.25) is 10.0 Å². The fourth-order valence-electron chi connectivity index (χ4n) is 4.45. The van der Waals surface area contributed by atoms with Crippen LogP contribution in [0, 0.1) is 0 Å². The minimum Gasteiger partial charge on any atom is -0.464 e. The molecule has 0 unspecified atom stereocenters. The van der Waals surface area contributed by atoms with Crippen LogP contribution in [0.5, 0.6) is 0 Å². The van der Waals surface area contributed by atoms with E-state index in [1.54, 1.807) is 47.2 Å². The summed E-state index contributed by atoms with van der Waals surface area (Å²) in [4.78, 5) is 26.2. The van der Waals surface area contributed by atoms with E-state index in [0.29, 0.717) is 36.6 Å². The number of nitrogens with zero attached hydrogens (tertiary/aromatic N) is 5. The molecule has 0 bridgehead atoms. The molecule has 3 heterocycles. The van der Waals surface area contributed by atoms with Gasteiger partial charge in [0.2, 0.25) is 0 Å². The third kappa shape index (κ3) is 6.36. The molecule has 4 aromatic rings. The largest absolute Gasteiger partial charge is 0.464 e. The van der Waals surface area contributed by atoms with Crippen LogP contribution in [0.3, 0.4) is 0 Å². The van der Waals surface area contributed by atoms with Crippen molar-refractivity contribution in [2.75, 3.05) is 42.1 Å². The van der Waals surface area contributed by atoms with E-state index in [9.17, 15) is 18.0 Å². The fourth-order valence-corrected chi connectivity index (χ4v) is 6.58. The van der Waals surface area contributed by atoms with Crippen molar-refractivity contribution in [2.45, 2.75) is 24.7 Å². The summed E-state index contributed by atoms with van der Waals surface area (Å²) in [5, 5.41) is 9.49. The first-order valence-corrected chi connectivity index (χ1v) is 15.3. The van der Waals surface area contributed by atoms with Crippen molar-refractivity contribution < 1.29 is 27.5 Å². The lowest BCUT2D eigenvalue weighted by molar-refractivity contribution is -0.141. The van der Waals surface area contributed by atoms with Gasteiger partial charge in [0.25, 0.3) is 15.9 Å². The highest BCUT2D eigenvalue weighted by molar-refractivity contribution is 7.92. The number of rotatable bonds is 10. The van der Waals surface area contributed by atoms with Crippen LogP contribution < -0.4 is 9.21 Å². The molecule has 1 fully saturated rings. The quantitative estimate of drug-likeness (QED) is 0.183. The summed E-state index contributed by atoms with van der Waals surface area (Å²) in [5.74, 6) is 0.0568. The molecule has 0 radical (unpaired) electrons. The molecule has 1 saturated heterocycles. The maximum Gasteiger partial charge on any atom is 0.326 e. The highest BCUT2D eigenvalue weighted by atomic mass is 35.5. The number of hydrogen-bond acceptors (Lipinski definition) is 8. The number of carbonyl (C=O) groups is 2. The number of aromatic nitrogens is 3. The molecule has 2 aromatic heterocycles. The molecule has 220 valence electrons. The van der Waals surface area contributed by atoms with Crippen molar-refractivity contribution in [3.8, 4) is 5.82 Å². The van der Waals surface area contributed by atoms with Crippen molar-refractivity contribution in [1.29, 1.82) is 0 Å². The lowest BCUT2D eigenvalue weighted by Crippen LogP contribution is -2.42. The van der Waals surface area contributed by atoms with Crippen molar-refractivity contribution in [3.63, 3.8) is 0 Å². The number of ether oxygens (including phenoxy) is 2. The molecular weight excluding hydrogens is 605 g/mol. The highest BCUT2D eigenvalue weighted by Crippen LogP contribution is 2.31. The van der Waals surface area contributed by atoms with Crippen LogP contribution in [0.15, 0.2) is 65.7 Å². The van der Waals surface area contributed by atoms with Gasteiger partial charge in [-0.3, -0.25) is 23.4 Å². The summed E-state index contributed by atoms with van der Waals surface area (Å²) < 4.78 is 40.8. The Balaban J connectivity index is 1.48. The zero-order valence-corrected chi connectivity index (χ0v) is 24.9. The number of esters is 1. The van der Waals surface area contributed by atoms with Crippen molar-refractivity contribution in [1.82, 2.24) is 14.8 Å². The lowest BCUT2D eigenvalue weighted by atomic mass is 10.2. The molecule has 0 atom stereocenters. The number of fused-ring (bicyclic) bond motifs is 1. The number of hydrogen-bond donors (Lipinski definition) is 0. The summed E-state index contributed by atoms with van der Waals surface area (Å²) in [6, 6.07) is 14.2. The van der Waals surface area contributed by atoms with Gasteiger partial charge in [0.05, 0.1) is 35.9 Å². The molecule has 0 N–H and O–H groups in total. The van der Waals surface area contributed by atoms with Crippen LogP contribution in [-0.4, -0.2) is 68.0 Å². The summed E-state index contributed by atoms with van der Waals surface area (Å²) in [6.45, 7) is 2.42. The van der Waals surface area contributed by atoms with Gasteiger partial charge in [-0.25, -0.2) is 8.42 Å². The van der Waals surface area contributed by atoms with E-state index in [2.05, 4.69) is 10.2 Å². The van der Waals surface area contributed by atoms with E-state index < -0.39 is 22.5 Å². The molecule has 1 aliphatic rings. The first kappa shape index (κ1) is 29.8. The zero-order chi connectivity index (χ0) is 29.9. The van der Waals surface area contributed by atoms with Gasteiger partial charge < -0.3 is 9.47 Å². The normalized spacial score (nSPS) is 13.9. The van der Waals surface area contributed by atoms with Gasteiger partial charge in [-0.15, -0.1) is 10.2 Å². The van der Waals surface area contributed by atoms with Gasteiger partial charge in [-0.1, -0.05) is 36.5 Å². The van der Waals surface area contributed by atoms with Gasteiger partial charge in [-0.05, 0) is 61.0 Å². The first-order valence-electron chi connectivity index (χ1n) is 13.1. The Morgan fingerprint density at radius 1 is 1.05 bits per heavy atom. The third-order valence-electron chi connectivity index (χ3n) is 6.57. The number of halogens is 2. The molecule has 1 amide bonds. The van der Waals surface area contributed by atoms with Gasteiger partial charge in [0.15, 0.2) is 11.6 Å². The van der Waals surface area contributed by atoms with Crippen LogP contribution in [0.1, 0.15) is 19.8 Å².